The summed E-state index contributed by atoms with van der Waals surface area (Å²) in [5, 5.41) is 0. The van der Waals surface area contributed by atoms with Crippen molar-refractivity contribution in [1.29, 1.82) is 0 Å². The highest BCUT2D eigenvalue weighted by Gasteiger charge is 2.44. The maximum Gasteiger partial charge on any atom is -0.00810 e. The van der Waals surface area contributed by atoms with Gasteiger partial charge in [0.05, 0.1) is 0 Å². The van der Waals surface area contributed by atoms with Crippen molar-refractivity contribution in [2.75, 3.05) is 0 Å². The average molecular weight is 122 g/mol. The molecule has 3 unspecified atom stereocenters. The molecule has 0 nitrogen and oxygen atoms in total. The molecule has 0 saturated heterocycles. The van der Waals surface area contributed by atoms with Crippen LogP contribution in [0.3, 0.4) is 0 Å². The van der Waals surface area contributed by atoms with Gasteiger partial charge < -0.3 is 0 Å². The molecule has 0 heterocycles. The van der Waals surface area contributed by atoms with Crippen molar-refractivity contribution in [3.05, 3.63) is 12.2 Å². The molecule has 0 heteroatoms. The Hall–Kier alpha value is -0.260. The van der Waals surface area contributed by atoms with Crippen LogP contribution in [0.1, 0.15) is 26.7 Å². The van der Waals surface area contributed by atoms with Crippen LogP contribution in [0.4, 0.5) is 0 Å². The van der Waals surface area contributed by atoms with Crippen molar-refractivity contribution in [2.45, 2.75) is 26.7 Å². The SMILES string of the molecule is CC1CCC2(C)C=CC12. The smallest absolute Gasteiger partial charge is 0.00810 e. The van der Waals surface area contributed by atoms with E-state index in [0.29, 0.717) is 5.41 Å². The lowest BCUT2D eigenvalue weighted by atomic mass is 9.69. The van der Waals surface area contributed by atoms with E-state index in [-0.39, 0.29) is 0 Å². The normalized spacial score (nSPS) is 54.9. The van der Waals surface area contributed by atoms with Crippen molar-refractivity contribution in [2.24, 2.45) is 17.3 Å². The van der Waals surface area contributed by atoms with Crippen molar-refractivity contribution in [1.82, 2.24) is 0 Å². The minimum absolute atomic E-state index is 0.624. The summed E-state index contributed by atoms with van der Waals surface area (Å²) >= 11 is 0. The van der Waals surface area contributed by atoms with E-state index in [1.807, 2.05) is 0 Å². The Bertz CT molecular complexity index is 157. The lowest BCUT2D eigenvalue weighted by molar-refractivity contribution is 0.282. The van der Waals surface area contributed by atoms with Gasteiger partial charge in [0, 0.05) is 0 Å². The summed E-state index contributed by atoms with van der Waals surface area (Å²) in [5.41, 5.74) is 0.624. The first-order valence-electron chi connectivity index (χ1n) is 3.92. The van der Waals surface area contributed by atoms with Crippen molar-refractivity contribution >= 4 is 0 Å². The Morgan fingerprint density at radius 1 is 1.56 bits per heavy atom. The van der Waals surface area contributed by atoms with Gasteiger partial charge in [-0.2, -0.15) is 0 Å². The van der Waals surface area contributed by atoms with Gasteiger partial charge in [0.15, 0.2) is 0 Å². The molecule has 1 saturated carbocycles. The zero-order valence-electron chi connectivity index (χ0n) is 6.22. The molecule has 2 aliphatic carbocycles. The number of hydrogen-bond acceptors (Lipinski definition) is 0. The monoisotopic (exact) mass is 122 g/mol. The molecule has 0 aromatic rings. The minimum Gasteiger partial charge on any atom is -0.0837 e. The third-order valence-electron chi connectivity index (χ3n) is 3.20. The van der Waals surface area contributed by atoms with E-state index >= 15 is 0 Å². The fourth-order valence-electron chi connectivity index (χ4n) is 2.34. The quantitative estimate of drug-likeness (QED) is 0.433. The number of fused-ring (bicyclic) bond motifs is 1. The van der Waals surface area contributed by atoms with Gasteiger partial charge in [-0.25, -0.2) is 0 Å². The zero-order chi connectivity index (χ0) is 6.48. The average Bonchev–Trinajstić information content (AvgIpc) is 1.93. The van der Waals surface area contributed by atoms with Gasteiger partial charge in [-0.1, -0.05) is 26.0 Å². The van der Waals surface area contributed by atoms with E-state index in [2.05, 4.69) is 26.0 Å². The Balaban J connectivity index is 2.25. The predicted octanol–water partition coefficient (Wildman–Crippen LogP) is 2.61. The number of allylic oxidation sites excluding steroid dienone is 2. The van der Waals surface area contributed by atoms with Gasteiger partial charge in [0.1, 0.15) is 0 Å². The molecular weight excluding hydrogens is 108 g/mol. The lowest BCUT2D eigenvalue weighted by Crippen LogP contribution is -2.27. The maximum absolute atomic E-state index is 2.39. The van der Waals surface area contributed by atoms with E-state index in [1.54, 1.807) is 0 Å². The second-order valence-corrected chi connectivity index (χ2v) is 3.91. The number of hydrogen-bond donors (Lipinski definition) is 0. The summed E-state index contributed by atoms with van der Waals surface area (Å²) in [6.45, 7) is 4.76. The number of rotatable bonds is 0. The van der Waals surface area contributed by atoms with Crippen molar-refractivity contribution < 1.29 is 0 Å². The van der Waals surface area contributed by atoms with Crippen LogP contribution < -0.4 is 0 Å². The summed E-state index contributed by atoms with van der Waals surface area (Å²) in [7, 11) is 0. The third-order valence-corrected chi connectivity index (χ3v) is 3.20. The first-order valence-corrected chi connectivity index (χ1v) is 3.92. The van der Waals surface area contributed by atoms with Crippen LogP contribution in [0.25, 0.3) is 0 Å². The standard InChI is InChI=1S/C9H14/c1-7-3-5-9(2)6-4-8(7)9/h4,6-8H,3,5H2,1-2H3. The van der Waals surface area contributed by atoms with Gasteiger partial charge in [0.25, 0.3) is 0 Å². The molecule has 0 aromatic heterocycles. The van der Waals surface area contributed by atoms with E-state index in [9.17, 15) is 0 Å². The second-order valence-electron chi connectivity index (χ2n) is 3.91. The van der Waals surface area contributed by atoms with E-state index in [1.165, 1.54) is 12.8 Å². The van der Waals surface area contributed by atoms with E-state index in [0.717, 1.165) is 11.8 Å². The molecule has 2 aliphatic rings. The Morgan fingerprint density at radius 3 is 2.56 bits per heavy atom. The third kappa shape index (κ3) is 0.540. The highest BCUT2D eigenvalue weighted by Crippen LogP contribution is 2.54. The van der Waals surface area contributed by atoms with Crippen LogP contribution in [0.2, 0.25) is 0 Å². The highest BCUT2D eigenvalue weighted by molar-refractivity contribution is 5.21. The topological polar surface area (TPSA) is 0 Å². The largest absolute Gasteiger partial charge is 0.0837 e. The zero-order valence-corrected chi connectivity index (χ0v) is 6.22. The Morgan fingerprint density at radius 2 is 2.33 bits per heavy atom. The van der Waals surface area contributed by atoms with Crippen molar-refractivity contribution in [3.63, 3.8) is 0 Å². The predicted molar refractivity (Wildman–Crippen MR) is 39.1 cm³/mol. The molecule has 0 aliphatic heterocycles. The van der Waals surface area contributed by atoms with Crippen LogP contribution in [0, 0.1) is 17.3 Å². The summed E-state index contributed by atoms with van der Waals surface area (Å²) < 4.78 is 0. The van der Waals surface area contributed by atoms with Crippen LogP contribution >= 0.6 is 0 Å². The summed E-state index contributed by atoms with van der Waals surface area (Å²) in [6, 6.07) is 0. The molecule has 0 spiro atoms. The summed E-state index contributed by atoms with van der Waals surface area (Å²) in [4.78, 5) is 0. The molecule has 0 N–H and O–H groups in total. The molecule has 50 valence electrons. The van der Waals surface area contributed by atoms with Crippen LogP contribution in [0.5, 0.6) is 0 Å². The van der Waals surface area contributed by atoms with Gasteiger partial charge in [0.2, 0.25) is 0 Å². The minimum atomic E-state index is 0.624. The summed E-state index contributed by atoms with van der Waals surface area (Å²) in [6.07, 6.45) is 7.64. The Kier molecular flexibility index (Phi) is 0.870. The first kappa shape index (κ1) is 5.52. The molecule has 2 rings (SSSR count). The van der Waals surface area contributed by atoms with E-state index < -0.39 is 0 Å². The Labute approximate surface area is 57.0 Å². The molecule has 3 atom stereocenters. The molecule has 0 bridgehead atoms. The van der Waals surface area contributed by atoms with E-state index in [4.69, 9.17) is 0 Å². The molecule has 0 aromatic carbocycles. The second kappa shape index (κ2) is 1.42. The highest BCUT2D eigenvalue weighted by atomic mass is 14.5. The van der Waals surface area contributed by atoms with Gasteiger partial charge in [-0.15, -0.1) is 0 Å². The molecule has 0 amide bonds. The van der Waals surface area contributed by atoms with Crippen LogP contribution in [-0.4, -0.2) is 0 Å². The molecule has 0 radical (unpaired) electrons. The molecular formula is C9H14. The molecule has 9 heavy (non-hydrogen) atoms. The fourth-order valence-corrected chi connectivity index (χ4v) is 2.34. The van der Waals surface area contributed by atoms with Gasteiger partial charge >= 0.3 is 0 Å². The van der Waals surface area contributed by atoms with Gasteiger partial charge in [-0.05, 0) is 30.1 Å². The first-order chi connectivity index (χ1) is 4.22. The summed E-state index contributed by atoms with van der Waals surface area (Å²) in [5.74, 6) is 1.89. The molecule has 1 fully saturated rings. The van der Waals surface area contributed by atoms with Crippen molar-refractivity contribution in [3.8, 4) is 0 Å². The van der Waals surface area contributed by atoms with Gasteiger partial charge in [-0.3, -0.25) is 0 Å². The lowest BCUT2D eigenvalue weighted by Gasteiger charge is -2.36. The van der Waals surface area contributed by atoms with Crippen LogP contribution in [-0.2, 0) is 0 Å². The maximum atomic E-state index is 2.39. The van der Waals surface area contributed by atoms with Crippen LogP contribution in [0.15, 0.2) is 12.2 Å². The fraction of sp³-hybridized carbons (Fsp3) is 0.778.